The number of carbonyl (C=O) groups is 1. The highest BCUT2D eigenvalue weighted by molar-refractivity contribution is 5.96. The van der Waals surface area contributed by atoms with Crippen molar-refractivity contribution in [2.75, 3.05) is 0 Å². The van der Waals surface area contributed by atoms with Crippen LogP contribution >= 0.6 is 0 Å². The van der Waals surface area contributed by atoms with Crippen LogP contribution in [0, 0.1) is 10.1 Å². The van der Waals surface area contributed by atoms with Crippen LogP contribution in [0.15, 0.2) is 54.6 Å². The summed E-state index contributed by atoms with van der Waals surface area (Å²) in [6, 6.07) is 15.0. The predicted octanol–water partition coefficient (Wildman–Crippen LogP) is 3.89. The summed E-state index contributed by atoms with van der Waals surface area (Å²) in [5.41, 5.74) is 1.60. The lowest BCUT2D eigenvalue weighted by molar-refractivity contribution is -0.384. The molecule has 0 aliphatic carbocycles. The van der Waals surface area contributed by atoms with Gasteiger partial charge in [-0.05, 0) is 10.9 Å². The number of rotatable bonds is 2. The highest BCUT2D eigenvalue weighted by Gasteiger charge is 2.31. The average molecular weight is 335 g/mol. The molecule has 0 aromatic heterocycles. The molecule has 1 atom stereocenters. The maximum atomic E-state index is 12.0. The van der Waals surface area contributed by atoms with Crippen molar-refractivity contribution < 1.29 is 19.6 Å². The van der Waals surface area contributed by atoms with Gasteiger partial charge in [0.05, 0.1) is 11.3 Å². The lowest BCUT2D eigenvalue weighted by Crippen LogP contribution is -2.21. The van der Waals surface area contributed by atoms with Crippen molar-refractivity contribution in [1.29, 1.82) is 0 Å². The van der Waals surface area contributed by atoms with Crippen LogP contribution in [0.3, 0.4) is 0 Å². The van der Waals surface area contributed by atoms with Crippen LogP contribution in [0.5, 0.6) is 11.5 Å². The fraction of sp³-hybridized carbons (Fsp3) is 0.105. The van der Waals surface area contributed by atoms with Gasteiger partial charge in [0.2, 0.25) is 0 Å². The Morgan fingerprint density at radius 3 is 2.44 bits per heavy atom. The van der Waals surface area contributed by atoms with E-state index >= 15 is 0 Å². The highest BCUT2D eigenvalue weighted by Crippen LogP contribution is 2.45. The highest BCUT2D eigenvalue weighted by atomic mass is 16.6. The van der Waals surface area contributed by atoms with Gasteiger partial charge >= 0.3 is 5.97 Å². The molecule has 4 rings (SSSR count). The van der Waals surface area contributed by atoms with Crippen molar-refractivity contribution in [1.82, 2.24) is 0 Å². The minimum Gasteiger partial charge on any atom is -0.507 e. The Labute approximate surface area is 142 Å². The number of nitro groups is 1. The van der Waals surface area contributed by atoms with Crippen LogP contribution in [0.25, 0.3) is 10.8 Å². The molecule has 0 saturated heterocycles. The third kappa shape index (κ3) is 2.48. The Morgan fingerprint density at radius 1 is 1.08 bits per heavy atom. The van der Waals surface area contributed by atoms with Gasteiger partial charge in [0.15, 0.2) is 0 Å². The maximum absolute atomic E-state index is 12.0. The monoisotopic (exact) mass is 335 g/mol. The van der Waals surface area contributed by atoms with E-state index in [1.807, 2.05) is 18.2 Å². The van der Waals surface area contributed by atoms with Gasteiger partial charge in [0, 0.05) is 35.1 Å². The molecule has 0 fully saturated rings. The first-order valence-electron chi connectivity index (χ1n) is 7.74. The number of nitro benzene ring substituents is 1. The van der Waals surface area contributed by atoms with Gasteiger partial charge in [-0.1, -0.05) is 36.4 Å². The van der Waals surface area contributed by atoms with Crippen molar-refractivity contribution >= 4 is 22.4 Å². The minimum absolute atomic E-state index is 0.00192. The largest absolute Gasteiger partial charge is 0.507 e. The number of fused-ring (bicyclic) bond motifs is 3. The molecule has 0 radical (unpaired) electrons. The van der Waals surface area contributed by atoms with E-state index in [0.29, 0.717) is 11.1 Å². The second kappa shape index (κ2) is 5.59. The van der Waals surface area contributed by atoms with Crippen LogP contribution in [0.2, 0.25) is 0 Å². The van der Waals surface area contributed by atoms with Gasteiger partial charge in [-0.25, -0.2) is 0 Å². The number of phenols is 1. The quantitative estimate of drug-likeness (QED) is 0.332. The molecule has 0 spiro atoms. The van der Waals surface area contributed by atoms with Crippen LogP contribution in [0.4, 0.5) is 5.69 Å². The summed E-state index contributed by atoms with van der Waals surface area (Å²) >= 11 is 0. The van der Waals surface area contributed by atoms with E-state index in [4.69, 9.17) is 4.74 Å². The summed E-state index contributed by atoms with van der Waals surface area (Å²) in [6.07, 6.45) is 0.138. The number of hydrogen-bond donors (Lipinski definition) is 1. The van der Waals surface area contributed by atoms with Crippen LogP contribution in [-0.2, 0) is 4.79 Å². The predicted molar refractivity (Wildman–Crippen MR) is 90.8 cm³/mol. The number of aromatic hydroxyl groups is 1. The molecule has 0 saturated carbocycles. The van der Waals surface area contributed by atoms with Gasteiger partial charge < -0.3 is 9.84 Å². The van der Waals surface area contributed by atoms with Gasteiger partial charge in [-0.2, -0.15) is 0 Å². The molecule has 1 unspecified atom stereocenters. The number of ether oxygens (including phenoxy) is 1. The van der Waals surface area contributed by atoms with Crippen molar-refractivity contribution in [2.24, 2.45) is 0 Å². The second-order valence-electron chi connectivity index (χ2n) is 5.93. The Balaban J connectivity index is 1.93. The number of non-ortho nitro benzene ring substituents is 1. The van der Waals surface area contributed by atoms with Crippen molar-refractivity contribution in [3.8, 4) is 11.5 Å². The lowest BCUT2D eigenvalue weighted by Gasteiger charge is -2.26. The second-order valence-corrected chi connectivity index (χ2v) is 5.93. The molecular weight excluding hydrogens is 322 g/mol. The number of carbonyl (C=O) groups excluding carboxylic acids is 1. The van der Waals surface area contributed by atoms with E-state index in [2.05, 4.69) is 0 Å². The first kappa shape index (κ1) is 15.1. The number of nitrogens with zero attached hydrogens (tertiary/aromatic N) is 1. The summed E-state index contributed by atoms with van der Waals surface area (Å²) in [6.45, 7) is 0. The number of hydrogen-bond acceptors (Lipinski definition) is 5. The lowest BCUT2D eigenvalue weighted by atomic mass is 9.83. The maximum Gasteiger partial charge on any atom is 0.312 e. The molecule has 124 valence electrons. The SMILES string of the molecule is O=C1CC(c2ccc([N+](=O)[O-])cc2)c2c(cc(O)c3ccccc23)O1. The minimum atomic E-state index is -0.458. The van der Waals surface area contributed by atoms with Gasteiger partial charge in [-0.3, -0.25) is 14.9 Å². The molecule has 1 aliphatic rings. The van der Waals surface area contributed by atoms with Crippen molar-refractivity contribution in [3.05, 3.63) is 75.8 Å². The molecule has 6 heteroatoms. The molecule has 1 aliphatic heterocycles. The Morgan fingerprint density at radius 2 is 1.76 bits per heavy atom. The molecule has 1 heterocycles. The Hall–Kier alpha value is -3.41. The van der Waals surface area contributed by atoms with E-state index in [1.54, 1.807) is 18.2 Å². The zero-order valence-corrected chi connectivity index (χ0v) is 13.0. The molecule has 3 aromatic rings. The zero-order chi connectivity index (χ0) is 17.6. The molecule has 1 N–H and O–H groups in total. The van der Waals surface area contributed by atoms with Crippen molar-refractivity contribution in [2.45, 2.75) is 12.3 Å². The third-order valence-electron chi connectivity index (χ3n) is 4.48. The Kier molecular flexibility index (Phi) is 3.39. The molecule has 3 aromatic carbocycles. The fourth-order valence-corrected chi connectivity index (χ4v) is 3.34. The van der Waals surface area contributed by atoms with Gasteiger partial charge in [-0.15, -0.1) is 0 Å². The topological polar surface area (TPSA) is 89.7 Å². The van der Waals surface area contributed by atoms with Crippen LogP contribution in [-0.4, -0.2) is 16.0 Å². The molecule has 6 nitrogen and oxygen atoms in total. The summed E-state index contributed by atoms with van der Waals surface area (Å²) in [7, 11) is 0. The first-order chi connectivity index (χ1) is 12.0. The standard InChI is InChI=1S/C19H13NO5/c21-16-10-17-19(14-4-2-1-3-13(14)16)15(9-18(22)25-17)11-5-7-12(8-6-11)20(23)24/h1-8,10,15,21H,9H2. The van der Waals surface area contributed by atoms with E-state index in [1.165, 1.54) is 18.2 Å². The average Bonchev–Trinajstić information content (AvgIpc) is 2.61. The summed E-state index contributed by atoms with van der Waals surface area (Å²) in [5.74, 6) is -0.310. The van der Waals surface area contributed by atoms with E-state index < -0.39 is 10.9 Å². The number of benzene rings is 3. The molecular formula is C19H13NO5. The van der Waals surface area contributed by atoms with E-state index in [-0.39, 0.29) is 23.8 Å². The van der Waals surface area contributed by atoms with Gasteiger partial charge in [0.1, 0.15) is 11.5 Å². The van der Waals surface area contributed by atoms with Crippen LogP contribution < -0.4 is 4.74 Å². The molecule has 25 heavy (non-hydrogen) atoms. The summed E-state index contributed by atoms with van der Waals surface area (Å²) < 4.78 is 5.33. The molecule has 0 bridgehead atoms. The van der Waals surface area contributed by atoms with E-state index in [9.17, 15) is 20.0 Å². The third-order valence-corrected chi connectivity index (χ3v) is 4.48. The number of phenolic OH excluding ortho intramolecular Hbond substituents is 1. The normalized spacial score (nSPS) is 16.3. The molecule has 0 amide bonds. The number of esters is 1. The van der Waals surface area contributed by atoms with E-state index in [0.717, 1.165) is 16.5 Å². The van der Waals surface area contributed by atoms with Crippen LogP contribution in [0.1, 0.15) is 23.5 Å². The van der Waals surface area contributed by atoms with Gasteiger partial charge in [0.25, 0.3) is 5.69 Å². The summed E-state index contributed by atoms with van der Waals surface area (Å²) in [5, 5.41) is 22.5. The fourth-order valence-electron chi connectivity index (χ4n) is 3.34. The summed E-state index contributed by atoms with van der Waals surface area (Å²) in [4.78, 5) is 22.4. The van der Waals surface area contributed by atoms with Crippen molar-refractivity contribution in [3.63, 3.8) is 0 Å². The smallest absolute Gasteiger partial charge is 0.312 e. The Bertz CT molecular complexity index is 1010. The first-order valence-corrected chi connectivity index (χ1v) is 7.74. The zero-order valence-electron chi connectivity index (χ0n) is 13.0.